The maximum atomic E-state index is 13.0. The lowest BCUT2D eigenvalue weighted by atomic mass is 9.97. The second-order valence-electron chi connectivity index (χ2n) is 14.2. The number of amides is 1. The first-order valence-electron chi connectivity index (χ1n) is 18.9. The molecule has 0 aromatic heterocycles. The van der Waals surface area contributed by atoms with Gasteiger partial charge in [0.2, 0.25) is 5.91 Å². The van der Waals surface area contributed by atoms with Crippen LogP contribution in [0.25, 0.3) is 0 Å². The zero-order chi connectivity index (χ0) is 37.9. The number of carbonyl (C=O) groups excluding carboxylic acids is 2. The molecule has 11 nitrogen and oxygen atoms in total. The van der Waals surface area contributed by atoms with E-state index in [-0.39, 0.29) is 43.5 Å². The number of aliphatic hydroxyl groups excluding tert-OH is 1. The molecule has 4 aliphatic heterocycles. The first-order chi connectivity index (χ1) is 26.3. The lowest BCUT2D eigenvalue weighted by molar-refractivity contribution is -0.142. The lowest BCUT2D eigenvalue weighted by Crippen LogP contribution is -2.45. The number of hydrogen-bond acceptors (Lipinski definition) is 9. The van der Waals surface area contributed by atoms with E-state index in [0.29, 0.717) is 13.0 Å². The largest absolute Gasteiger partial charge is 0.480 e. The quantitative estimate of drug-likeness (QED) is 0.123. The minimum Gasteiger partial charge on any atom is -0.480 e. The minimum absolute atomic E-state index is 0. The number of nitrogens with one attached hydrogen (secondary N) is 4. The monoisotopic (exact) mass is 749 g/mol. The number of fused-ring (bicyclic) bond motifs is 3. The van der Waals surface area contributed by atoms with Crippen molar-refractivity contribution in [2.24, 2.45) is 0 Å². The van der Waals surface area contributed by atoms with Gasteiger partial charge in [0.25, 0.3) is 0 Å². The number of esters is 1. The van der Waals surface area contributed by atoms with Crippen molar-refractivity contribution in [1.82, 2.24) is 10.2 Å². The second-order valence-corrected chi connectivity index (χ2v) is 14.2. The number of nitrogens with zero attached hydrogens (tertiary/aromatic N) is 1. The van der Waals surface area contributed by atoms with Gasteiger partial charge in [-0.1, -0.05) is 92.4 Å². The van der Waals surface area contributed by atoms with Crippen molar-refractivity contribution in [3.05, 3.63) is 125 Å². The van der Waals surface area contributed by atoms with Gasteiger partial charge < -0.3 is 36.2 Å². The highest BCUT2D eigenvalue weighted by Crippen LogP contribution is 2.27. The van der Waals surface area contributed by atoms with Crippen LogP contribution in [0.1, 0.15) is 61.4 Å². The van der Waals surface area contributed by atoms with Crippen LogP contribution in [0.2, 0.25) is 0 Å². The van der Waals surface area contributed by atoms with E-state index in [9.17, 15) is 19.5 Å². The summed E-state index contributed by atoms with van der Waals surface area (Å²) < 4.78 is 4.70. The first-order valence-corrected chi connectivity index (χ1v) is 18.9. The van der Waals surface area contributed by atoms with E-state index in [1.54, 1.807) is 0 Å². The fourth-order valence-corrected chi connectivity index (χ4v) is 7.45. The number of ether oxygens (including phenoxy) is 1. The predicted molar refractivity (Wildman–Crippen MR) is 217 cm³/mol. The molecule has 11 heteroatoms. The number of carboxylic acids is 1. The summed E-state index contributed by atoms with van der Waals surface area (Å²) in [7, 11) is 1.42. The molecule has 0 aliphatic carbocycles. The van der Waals surface area contributed by atoms with Crippen LogP contribution >= 0.6 is 0 Å². The molecule has 0 bridgehead atoms. The third-order valence-corrected chi connectivity index (χ3v) is 10.5. The minimum atomic E-state index is -0.769. The molecule has 6 N–H and O–H groups in total. The van der Waals surface area contributed by atoms with Crippen molar-refractivity contribution in [3.8, 4) is 0 Å². The highest BCUT2D eigenvalue weighted by Gasteiger charge is 2.29. The van der Waals surface area contributed by atoms with Gasteiger partial charge in [-0.15, -0.1) is 0 Å². The van der Waals surface area contributed by atoms with E-state index in [2.05, 4.69) is 50.4 Å². The van der Waals surface area contributed by atoms with Gasteiger partial charge in [-0.3, -0.25) is 9.69 Å². The number of hydrogen-bond donors (Lipinski definition) is 6. The summed E-state index contributed by atoms with van der Waals surface area (Å²) in [5.74, 6) is -0.910. The van der Waals surface area contributed by atoms with Crippen LogP contribution in [-0.4, -0.2) is 83.9 Å². The maximum Gasteiger partial charge on any atom is 0.328 e. The molecule has 1 fully saturated rings. The number of aliphatic hydroxyl groups is 1. The maximum absolute atomic E-state index is 13.0. The summed E-state index contributed by atoms with van der Waals surface area (Å²) in [4.78, 5) is 37.2. The van der Waals surface area contributed by atoms with Crippen LogP contribution in [0.4, 0.5) is 17.1 Å². The number of likely N-dealkylation sites (tertiary alicyclic amines) is 1. The summed E-state index contributed by atoms with van der Waals surface area (Å²) in [6.07, 6.45) is 5.52. The molecule has 4 aliphatic rings. The van der Waals surface area contributed by atoms with Gasteiger partial charge in [-0.05, 0) is 85.4 Å². The van der Waals surface area contributed by atoms with Gasteiger partial charge in [-0.2, -0.15) is 0 Å². The third-order valence-electron chi connectivity index (χ3n) is 10.5. The van der Waals surface area contributed by atoms with Gasteiger partial charge in [0.05, 0.1) is 19.3 Å². The Balaban J connectivity index is 0.000000174. The number of aryl methyl sites for hydroxylation is 3. The molecule has 55 heavy (non-hydrogen) atoms. The normalized spacial score (nSPS) is 21.1. The molecule has 1 amide bonds. The molecule has 4 aromatic carbocycles. The van der Waals surface area contributed by atoms with Crippen LogP contribution in [0.3, 0.4) is 0 Å². The number of aliphatic carboxylic acids is 1. The molecule has 0 spiro atoms. The zero-order valence-electron chi connectivity index (χ0n) is 30.7. The van der Waals surface area contributed by atoms with E-state index >= 15 is 0 Å². The Morgan fingerprint density at radius 2 is 1.18 bits per heavy atom. The summed E-state index contributed by atoms with van der Waals surface area (Å²) in [5, 5.41) is 31.4. The Kier molecular flexibility index (Phi) is 14.7. The number of benzene rings is 4. The molecule has 8 rings (SSSR count). The Labute approximate surface area is 324 Å². The molecular weight excluding hydrogens is 695 g/mol. The third kappa shape index (κ3) is 11.1. The van der Waals surface area contributed by atoms with Crippen molar-refractivity contribution < 1.29 is 29.3 Å². The van der Waals surface area contributed by atoms with Gasteiger partial charge in [-0.25, -0.2) is 9.59 Å². The van der Waals surface area contributed by atoms with E-state index in [0.717, 1.165) is 74.2 Å². The van der Waals surface area contributed by atoms with Gasteiger partial charge in [0.1, 0.15) is 18.1 Å². The molecular formula is C44H55N5O6. The number of carboxylic acid groups (broad SMARTS) is 1. The lowest BCUT2D eigenvalue weighted by Gasteiger charge is -2.30. The fourth-order valence-electron chi connectivity index (χ4n) is 7.45. The number of carbonyl (C=O) groups is 3. The van der Waals surface area contributed by atoms with E-state index in [1.165, 1.54) is 23.8 Å². The van der Waals surface area contributed by atoms with Crippen molar-refractivity contribution in [2.45, 2.75) is 82.6 Å². The SMILES string of the molecule is C.COC(=O)C1CCc2ccccc2N1.O=C(N[C@H](CN1CC[C@H](O)C1)c1ccccc1)C1CCc2ccccc2N1.O=C(O)C1CCc2ccccc2N1. The van der Waals surface area contributed by atoms with E-state index in [4.69, 9.17) is 9.84 Å². The van der Waals surface area contributed by atoms with Gasteiger partial charge in [0, 0.05) is 36.7 Å². The van der Waals surface area contributed by atoms with Gasteiger partial charge >= 0.3 is 11.9 Å². The number of β-amino-alcohol motifs (C(OH)–C–C–N with tert-alkyl or cyclic N) is 1. The Hall–Kier alpha value is -5.39. The molecule has 0 saturated carbocycles. The van der Waals surface area contributed by atoms with Crippen molar-refractivity contribution in [1.29, 1.82) is 0 Å². The Morgan fingerprint density at radius 3 is 1.69 bits per heavy atom. The van der Waals surface area contributed by atoms with Crippen LogP contribution in [-0.2, 0) is 38.4 Å². The van der Waals surface area contributed by atoms with Crippen molar-refractivity contribution in [3.63, 3.8) is 0 Å². The number of rotatable bonds is 7. The molecule has 0 radical (unpaired) electrons. The fraction of sp³-hybridized carbons (Fsp3) is 0.386. The molecule has 1 saturated heterocycles. The first kappa shape index (κ1) is 40.8. The number of anilines is 3. The van der Waals surface area contributed by atoms with Crippen LogP contribution < -0.4 is 21.3 Å². The predicted octanol–water partition coefficient (Wildman–Crippen LogP) is 6.06. The summed E-state index contributed by atoms with van der Waals surface area (Å²) in [6.45, 7) is 2.26. The number of para-hydroxylation sites is 3. The Morgan fingerprint density at radius 1 is 0.709 bits per heavy atom. The van der Waals surface area contributed by atoms with Crippen LogP contribution in [0, 0.1) is 0 Å². The molecule has 5 atom stereocenters. The van der Waals surface area contributed by atoms with Crippen LogP contribution in [0.15, 0.2) is 103 Å². The molecule has 4 aromatic rings. The summed E-state index contributed by atoms with van der Waals surface area (Å²) in [6, 6.07) is 33.3. The van der Waals surface area contributed by atoms with Crippen LogP contribution in [0.5, 0.6) is 0 Å². The smallest absolute Gasteiger partial charge is 0.328 e. The molecule has 3 unspecified atom stereocenters. The van der Waals surface area contributed by atoms with Crippen molar-refractivity contribution in [2.75, 3.05) is 42.7 Å². The summed E-state index contributed by atoms with van der Waals surface area (Å²) in [5.41, 5.74) is 7.92. The Bertz CT molecular complexity index is 1870. The zero-order valence-corrected chi connectivity index (χ0v) is 30.7. The standard InChI is InChI=1S/C22H27N3O2.C11H13NO2.C10H11NO2.CH4/c26-18-12-13-25(14-18)15-21(16-6-2-1-3-7-16)24-22(27)20-11-10-17-8-4-5-9-19(17)23-20;1-14-11(13)10-7-6-8-4-2-3-5-9(8)12-10;12-10(13)9-6-5-7-3-1-2-4-8(7)11-9;/h1-9,18,20-21,23,26H,10-15H2,(H,24,27);2-5,10,12H,6-7H2,1H3;1-4,9,11H,5-6H2,(H,12,13);1H4/t18-,20?,21+;;;/m0.../s1. The average Bonchev–Trinajstić information content (AvgIpc) is 3.64. The number of methoxy groups -OCH3 is 1. The highest BCUT2D eigenvalue weighted by atomic mass is 16.5. The molecule has 292 valence electrons. The highest BCUT2D eigenvalue weighted by molar-refractivity contribution is 5.86. The van der Waals surface area contributed by atoms with E-state index in [1.807, 2.05) is 78.9 Å². The summed E-state index contributed by atoms with van der Waals surface area (Å²) >= 11 is 0. The molecule has 4 heterocycles. The second kappa shape index (κ2) is 19.8. The van der Waals surface area contributed by atoms with E-state index < -0.39 is 12.0 Å². The topological polar surface area (TPSA) is 152 Å². The van der Waals surface area contributed by atoms with Gasteiger partial charge in [0.15, 0.2) is 0 Å². The average molecular weight is 750 g/mol. The van der Waals surface area contributed by atoms with Crippen molar-refractivity contribution >= 4 is 34.9 Å².